The zero-order valence-corrected chi connectivity index (χ0v) is 19.1. The van der Waals surface area contributed by atoms with Gasteiger partial charge in [-0.1, -0.05) is 36.8 Å². The van der Waals surface area contributed by atoms with E-state index in [2.05, 4.69) is 10.3 Å². The van der Waals surface area contributed by atoms with Crippen LogP contribution in [0.1, 0.15) is 58.8 Å². The van der Waals surface area contributed by atoms with Gasteiger partial charge in [0, 0.05) is 19.5 Å². The number of benzene rings is 1. The number of thiazole rings is 1. The number of anilines is 1. The largest absolute Gasteiger partial charge is 0.298 e. The molecule has 0 bridgehead atoms. The summed E-state index contributed by atoms with van der Waals surface area (Å²) in [5.74, 6) is -0.535. The highest BCUT2D eigenvalue weighted by Crippen LogP contribution is 2.38. The number of hydrogen-bond acceptors (Lipinski definition) is 6. The molecule has 1 aromatic carbocycles. The smallest absolute Gasteiger partial charge is 0.259 e. The Kier molecular flexibility index (Phi) is 5.50. The number of sulfonamides is 1. The van der Waals surface area contributed by atoms with E-state index in [4.69, 9.17) is 11.6 Å². The number of halogens is 1. The quantitative estimate of drug-likeness (QED) is 0.733. The zero-order chi connectivity index (χ0) is 21.7. The number of aromatic nitrogens is 1. The van der Waals surface area contributed by atoms with Gasteiger partial charge < -0.3 is 0 Å². The minimum atomic E-state index is -3.67. The van der Waals surface area contributed by atoms with Gasteiger partial charge >= 0.3 is 0 Å². The van der Waals surface area contributed by atoms with Gasteiger partial charge in [0.1, 0.15) is 0 Å². The van der Waals surface area contributed by atoms with Crippen LogP contribution in [0.2, 0.25) is 5.02 Å². The third kappa shape index (κ3) is 4.03. The molecule has 0 atom stereocenters. The second-order valence-corrected chi connectivity index (χ2v) is 11.8. The first-order valence-electron chi connectivity index (χ1n) is 9.71. The monoisotopic (exact) mass is 467 g/mol. The number of nitrogens with one attached hydrogen (secondary N) is 1. The van der Waals surface area contributed by atoms with Crippen molar-refractivity contribution in [2.75, 3.05) is 18.4 Å². The summed E-state index contributed by atoms with van der Waals surface area (Å²) in [6.07, 6.45) is 2.75. The van der Waals surface area contributed by atoms with Crippen LogP contribution in [0.25, 0.3) is 0 Å². The van der Waals surface area contributed by atoms with E-state index in [-0.39, 0.29) is 26.7 Å². The Morgan fingerprint density at radius 2 is 1.93 bits per heavy atom. The van der Waals surface area contributed by atoms with Crippen molar-refractivity contribution in [2.45, 2.75) is 44.4 Å². The standard InChI is InChI=1S/C20H22ClN3O4S2/c1-20(2)10-15-17(16(25)11-20)29-19(22-15)23-18(26)13-9-12(5-6-14(13)21)30(27,28)24-7-3-4-8-24/h5-6,9H,3-4,7-8,10-11H2,1-2H3,(H,22,23,26). The summed E-state index contributed by atoms with van der Waals surface area (Å²) in [5, 5.41) is 3.13. The number of rotatable bonds is 4. The number of carbonyl (C=O) groups is 2. The van der Waals surface area contributed by atoms with Gasteiger partial charge in [0.15, 0.2) is 10.9 Å². The maximum absolute atomic E-state index is 12.8. The molecule has 4 rings (SSSR count). The molecule has 2 aromatic rings. The van der Waals surface area contributed by atoms with E-state index in [1.165, 1.54) is 22.5 Å². The molecule has 2 aliphatic rings. The van der Waals surface area contributed by atoms with Crippen LogP contribution in [-0.2, 0) is 16.4 Å². The Balaban J connectivity index is 1.60. The molecule has 1 aliphatic heterocycles. The first kappa shape index (κ1) is 21.4. The van der Waals surface area contributed by atoms with Gasteiger partial charge in [0.05, 0.1) is 26.1 Å². The fraction of sp³-hybridized carbons (Fsp3) is 0.450. The number of hydrogen-bond donors (Lipinski definition) is 1. The first-order valence-corrected chi connectivity index (χ1v) is 12.3. The molecule has 0 unspecified atom stereocenters. The molecule has 7 nitrogen and oxygen atoms in total. The van der Waals surface area contributed by atoms with Crippen LogP contribution in [0.5, 0.6) is 0 Å². The van der Waals surface area contributed by atoms with E-state index >= 15 is 0 Å². The van der Waals surface area contributed by atoms with E-state index in [9.17, 15) is 18.0 Å². The lowest BCUT2D eigenvalue weighted by Crippen LogP contribution is -2.28. The fourth-order valence-corrected chi connectivity index (χ4v) is 6.52. The molecule has 2 heterocycles. The molecule has 10 heteroatoms. The molecule has 1 saturated heterocycles. The minimum Gasteiger partial charge on any atom is -0.298 e. The molecule has 0 spiro atoms. The van der Waals surface area contributed by atoms with Gasteiger partial charge in [0.2, 0.25) is 10.0 Å². The lowest BCUT2D eigenvalue weighted by Gasteiger charge is -2.26. The van der Waals surface area contributed by atoms with Crippen molar-refractivity contribution in [3.63, 3.8) is 0 Å². The Labute approximate surface area is 184 Å². The van der Waals surface area contributed by atoms with Crippen molar-refractivity contribution in [1.82, 2.24) is 9.29 Å². The highest BCUT2D eigenvalue weighted by Gasteiger charge is 2.34. The average molecular weight is 468 g/mol. The van der Waals surface area contributed by atoms with Crippen molar-refractivity contribution in [1.29, 1.82) is 0 Å². The average Bonchev–Trinajstić information content (AvgIpc) is 3.31. The highest BCUT2D eigenvalue weighted by atomic mass is 35.5. The van der Waals surface area contributed by atoms with Crippen LogP contribution >= 0.6 is 22.9 Å². The Hall–Kier alpha value is -1.81. The molecule has 30 heavy (non-hydrogen) atoms. The summed E-state index contributed by atoms with van der Waals surface area (Å²) in [5.41, 5.74) is 0.575. The van der Waals surface area contributed by atoms with Crippen molar-refractivity contribution in [2.24, 2.45) is 5.41 Å². The summed E-state index contributed by atoms with van der Waals surface area (Å²) in [7, 11) is -3.67. The summed E-state index contributed by atoms with van der Waals surface area (Å²) in [4.78, 5) is 30.2. The van der Waals surface area contributed by atoms with Crippen molar-refractivity contribution in [3.8, 4) is 0 Å². The third-order valence-corrected chi connectivity index (χ3v) is 8.62. The van der Waals surface area contributed by atoms with E-state index in [0.29, 0.717) is 41.6 Å². The fourth-order valence-electron chi connectivity index (χ4n) is 3.85. The maximum Gasteiger partial charge on any atom is 0.259 e. The van der Waals surface area contributed by atoms with Crippen molar-refractivity contribution in [3.05, 3.63) is 39.4 Å². The van der Waals surface area contributed by atoms with E-state index in [1.54, 1.807) is 0 Å². The summed E-state index contributed by atoms with van der Waals surface area (Å²) < 4.78 is 27.0. The molecule has 1 fully saturated rings. The van der Waals surface area contributed by atoms with Gasteiger partial charge in [-0.3, -0.25) is 14.9 Å². The van der Waals surface area contributed by atoms with Gasteiger partial charge in [-0.15, -0.1) is 0 Å². The molecule has 1 aliphatic carbocycles. The molecule has 0 radical (unpaired) electrons. The number of carbonyl (C=O) groups excluding carboxylic acids is 2. The van der Waals surface area contributed by atoms with Crippen LogP contribution in [0.15, 0.2) is 23.1 Å². The molecular formula is C20H22ClN3O4S2. The predicted octanol–water partition coefficient (Wildman–Crippen LogP) is 3.99. The van der Waals surface area contributed by atoms with Crippen molar-refractivity contribution < 1.29 is 18.0 Å². The van der Waals surface area contributed by atoms with Crippen LogP contribution in [0.3, 0.4) is 0 Å². The number of ketones is 1. The van der Waals surface area contributed by atoms with Crippen LogP contribution in [0, 0.1) is 5.41 Å². The highest BCUT2D eigenvalue weighted by molar-refractivity contribution is 7.89. The lowest BCUT2D eigenvalue weighted by molar-refractivity contribution is 0.0915. The summed E-state index contributed by atoms with van der Waals surface area (Å²) >= 11 is 7.33. The van der Waals surface area contributed by atoms with Gasteiger partial charge in [-0.2, -0.15) is 4.31 Å². The van der Waals surface area contributed by atoms with Crippen molar-refractivity contribution >= 4 is 49.8 Å². The van der Waals surface area contributed by atoms with Gasteiger partial charge in [-0.25, -0.2) is 13.4 Å². The molecule has 160 valence electrons. The summed E-state index contributed by atoms with van der Waals surface area (Å²) in [6.45, 7) is 4.97. The normalized spacial score (nSPS) is 19.0. The molecule has 1 aromatic heterocycles. The second-order valence-electron chi connectivity index (χ2n) is 8.44. The predicted molar refractivity (Wildman–Crippen MR) is 116 cm³/mol. The number of amides is 1. The molecular weight excluding hydrogens is 446 g/mol. The number of Topliss-reactive ketones (excluding diaryl/α,β-unsaturated/α-hetero) is 1. The maximum atomic E-state index is 12.8. The topological polar surface area (TPSA) is 96.4 Å². The Bertz CT molecular complexity index is 1130. The van der Waals surface area contributed by atoms with Gasteiger partial charge in [0.25, 0.3) is 5.91 Å². The molecule has 1 amide bonds. The third-order valence-electron chi connectivity index (χ3n) is 5.34. The lowest BCUT2D eigenvalue weighted by atomic mass is 9.78. The minimum absolute atomic E-state index is 0.0241. The second kappa shape index (κ2) is 7.71. The number of nitrogens with zero attached hydrogens (tertiary/aromatic N) is 2. The van der Waals surface area contributed by atoms with E-state index in [0.717, 1.165) is 24.2 Å². The SMILES string of the molecule is CC1(C)CC(=O)c2sc(NC(=O)c3cc(S(=O)(=O)N4CCCC4)ccc3Cl)nc2C1. The first-order chi connectivity index (χ1) is 14.1. The van der Waals surface area contributed by atoms with Crippen LogP contribution in [0.4, 0.5) is 5.13 Å². The van der Waals surface area contributed by atoms with E-state index < -0.39 is 15.9 Å². The van der Waals surface area contributed by atoms with E-state index in [1.807, 2.05) is 13.8 Å². The van der Waals surface area contributed by atoms with Crippen LogP contribution in [-0.4, -0.2) is 42.5 Å². The number of fused-ring (bicyclic) bond motifs is 1. The molecule has 0 saturated carbocycles. The van der Waals surface area contributed by atoms with Gasteiger partial charge in [-0.05, 0) is 42.9 Å². The zero-order valence-electron chi connectivity index (χ0n) is 16.7. The summed E-state index contributed by atoms with van der Waals surface area (Å²) in [6, 6.07) is 4.13. The Morgan fingerprint density at radius 1 is 1.23 bits per heavy atom. The molecule has 1 N–H and O–H groups in total. The Morgan fingerprint density at radius 3 is 2.63 bits per heavy atom. The van der Waals surface area contributed by atoms with Crippen LogP contribution < -0.4 is 5.32 Å².